The molecule has 0 radical (unpaired) electrons. The molecule has 2 N–H and O–H groups in total. The van der Waals surface area contributed by atoms with E-state index in [9.17, 15) is 0 Å². The molecule has 7 heteroatoms. The van der Waals surface area contributed by atoms with Crippen molar-refractivity contribution in [3.8, 4) is 17.2 Å². The van der Waals surface area contributed by atoms with Gasteiger partial charge in [0.15, 0.2) is 11.2 Å². The number of likely N-dealkylation sites (N-methyl/N-ethyl adjacent to an activating group) is 1. The fourth-order valence-corrected chi connectivity index (χ4v) is 3.11. The number of rotatable bonds is 1. The number of pyridine rings is 1. The summed E-state index contributed by atoms with van der Waals surface area (Å²) >= 11 is 4.25. The Kier molecular flexibility index (Phi) is 5.08. The molecule has 28 heavy (non-hydrogen) atoms. The SMILES string of the molecule is CN1CCOc2cc(S)ccc21.Nc1ccccc1-c1nc2ncccc2o1. The van der Waals surface area contributed by atoms with Crippen molar-refractivity contribution in [2.45, 2.75) is 4.90 Å². The first-order chi connectivity index (χ1) is 13.6. The highest BCUT2D eigenvalue weighted by Gasteiger charge is 2.14. The summed E-state index contributed by atoms with van der Waals surface area (Å²) < 4.78 is 11.1. The topological polar surface area (TPSA) is 77.4 Å². The number of nitrogen functional groups attached to an aromatic ring is 1. The van der Waals surface area contributed by atoms with Crippen LogP contribution in [0.25, 0.3) is 22.7 Å². The lowest BCUT2D eigenvalue weighted by molar-refractivity contribution is 0.310. The van der Waals surface area contributed by atoms with Gasteiger partial charge in [0.2, 0.25) is 5.89 Å². The molecule has 0 bridgehead atoms. The second kappa shape index (κ2) is 7.82. The molecule has 142 valence electrons. The van der Waals surface area contributed by atoms with Gasteiger partial charge in [-0.25, -0.2) is 4.98 Å². The van der Waals surface area contributed by atoms with Gasteiger partial charge in [0.25, 0.3) is 0 Å². The number of ether oxygens (including phenoxy) is 1. The van der Waals surface area contributed by atoms with Crippen LogP contribution in [-0.4, -0.2) is 30.2 Å². The lowest BCUT2D eigenvalue weighted by Crippen LogP contribution is -2.28. The number of thiol groups is 1. The zero-order valence-corrected chi connectivity index (χ0v) is 16.3. The molecule has 0 unspecified atom stereocenters. The number of oxazole rings is 1. The van der Waals surface area contributed by atoms with Gasteiger partial charge in [-0.3, -0.25) is 0 Å². The Labute approximate surface area is 168 Å². The van der Waals surface area contributed by atoms with E-state index < -0.39 is 0 Å². The summed E-state index contributed by atoms with van der Waals surface area (Å²) in [6.45, 7) is 1.72. The van der Waals surface area contributed by atoms with E-state index in [1.807, 2.05) is 54.6 Å². The smallest absolute Gasteiger partial charge is 0.230 e. The summed E-state index contributed by atoms with van der Waals surface area (Å²) in [6.07, 6.45) is 1.68. The summed E-state index contributed by atoms with van der Waals surface area (Å²) in [6, 6.07) is 17.1. The van der Waals surface area contributed by atoms with Crippen LogP contribution in [0.4, 0.5) is 11.4 Å². The fraction of sp³-hybridized carbons (Fsp3) is 0.143. The highest BCUT2D eigenvalue weighted by atomic mass is 32.1. The largest absolute Gasteiger partial charge is 0.490 e. The van der Waals surface area contributed by atoms with E-state index in [4.69, 9.17) is 14.9 Å². The number of hydrogen-bond donors (Lipinski definition) is 2. The van der Waals surface area contributed by atoms with Crippen molar-refractivity contribution < 1.29 is 9.15 Å². The minimum absolute atomic E-state index is 0.506. The van der Waals surface area contributed by atoms with Gasteiger partial charge >= 0.3 is 0 Å². The van der Waals surface area contributed by atoms with Crippen LogP contribution in [0.1, 0.15) is 0 Å². The number of para-hydroxylation sites is 1. The molecule has 0 saturated heterocycles. The molecule has 0 saturated carbocycles. The van der Waals surface area contributed by atoms with E-state index in [1.165, 1.54) is 0 Å². The van der Waals surface area contributed by atoms with Crippen LogP contribution in [0, 0.1) is 0 Å². The Balaban J connectivity index is 0.000000143. The molecule has 0 amide bonds. The Morgan fingerprint density at radius 3 is 2.79 bits per heavy atom. The van der Waals surface area contributed by atoms with Crippen LogP contribution < -0.4 is 15.4 Å². The van der Waals surface area contributed by atoms with Crippen molar-refractivity contribution in [1.29, 1.82) is 0 Å². The summed E-state index contributed by atoms with van der Waals surface area (Å²) in [5, 5.41) is 0. The standard InChI is InChI=1S/C12H9N3O.C9H11NOS/c13-9-5-2-1-4-8(9)12-15-11-10(16-12)6-3-7-14-11;1-10-4-5-11-9-6-7(12)2-3-8(9)10/h1-7H,13H2;2-3,6,12H,4-5H2,1H3. The maximum Gasteiger partial charge on any atom is 0.230 e. The highest BCUT2D eigenvalue weighted by Crippen LogP contribution is 2.32. The van der Waals surface area contributed by atoms with E-state index in [2.05, 4.69) is 34.5 Å². The monoisotopic (exact) mass is 392 g/mol. The number of nitrogens with two attached hydrogens (primary N) is 1. The average molecular weight is 392 g/mol. The summed E-state index contributed by atoms with van der Waals surface area (Å²) in [7, 11) is 2.07. The zero-order chi connectivity index (χ0) is 19.5. The first-order valence-corrected chi connectivity index (χ1v) is 9.30. The van der Waals surface area contributed by atoms with Crippen LogP contribution in [0.15, 0.2) is 70.1 Å². The van der Waals surface area contributed by atoms with E-state index in [0.717, 1.165) is 35.0 Å². The van der Waals surface area contributed by atoms with Crippen LogP contribution in [0.3, 0.4) is 0 Å². The highest BCUT2D eigenvalue weighted by molar-refractivity contribution is 7.80. The molecule has 0 spiro atoms. The maximum absolute atomic E-state index is 5.85. The summed E-state index contributed by atoms with van der Waals surface area (Å²) in [4.78, 5) is 11.5. The molecular formula is C21H20N4O2S. The third-order valence-corrected chi connectivity index (χ3v) is 4.67. The van der Waals surface area contributed by atoms with E-state index >= 15 is 0 Å². The maximum atomic E-state index is 5.85. The Morgan fingerprint density at radius 1 is 1.11 bits per heavy atom. The molecule has 1 aliphatic heterocycles. The first kappa shape index (κ1) is 18.2. The predicted octanol–water partition coefficient (Wildman–Crippen LogP) is 4.28. The molecule has 5 rings (SSSR count). The van der Waals surface area contributed by atoms with Crippen molar-refractivity contribution in [3.63, 3.8) is 0 Å². The van der Waals surface area contributed by atoms with E-state index in [-0.39, 0.29) is 0 Å². The van der Waals surface area contributed by atoms with Gasteiger partial charge < -0.3 is 19.8 Å². The molecule has 2 aromatic heterocycles. The van der Waals surface area contributed by atoms with Crippen LogP contribution in [-0.2, 0) is 0 Å². The number of benzene rings is 2. The summed E-state index contributed by atoms with van der Waals surface area (Å²) in [5.74, 6) is 1.45. The van der Waals surface area contributed by atoms with E-state index in [0.29, 0.717) is 22.8 Å². The molecule has 4 aromatic rings. The molecule has 0 fully saturated rings. The van der Waals surface area contributed by atoms with Gasteiger partial charge in [-0.05, 0) is 42.5 Å². The molecule has 6 nitrogen and oxygen atoms in total. The first-order valence-electron chi connectivity index (χ1n) is 8.85. The normalized spacial score (nSPS) is 12.7. The van der Waals surface area contributed by atoms with Gasteiger partial charge in [0.05, 0.1) is 17.8 Å². The zero-order valence-electron chi connectivity index (χ0n) is 15.4. The van der Waals surface area contributed by atoms with Gasteiger partial charge in [-0.2, -0.15) is 4.98 Å². The fourth-order valence-electron chi connectivity index (χ4n) is 2.92. The molecule has 3 heterocycles. The second-order valence-electron chi connectivity index (χ2n) is 6.35. The third kappa shape index (κ3) is 3.75. The molecule has 0 atom stereocenters. The van der Waals surface area contributed by atoms with Crippen molar-refractivity contribution in [3.05, 3.63) is 60.8 Å². The average Bonchev–Trinajstić information content (AvgIpc) is 3.13. The predicted molar refractivity (Wildman–Crippen MR) is 114 cm³/mol. The minimum Gasteiger partial charge on any atom is -0.490 e. The van der Waals surface area contributed by atoms with Crippen molar-refractivity contribution in [1.82, 2.24) is 9.97 Å². The molecular weight excluding hydrogens is 372 g/mol. The second-order valence-corrected chi connectivity index (χ2v) is 6.87. The lowest BCUT2D eigenvalue weighted by atomic mass is 10.2. The van der Waals surface area contributed by atoms with Gasteiger partial charge in [-0.1, -0.05) is 12.1 Å². The molecule has 2 aromatic carbocycles. The Bertz CT molecular complexity index is 1080. The number of fused-ring (bicyclic) bond motifs is 2. The van der Waals surface area contributed by atoms with Crippen molar-refractivity contribution >= 4 is 35.2 Å². The molecule has 1 aliphatic rings. The Hall–Kier alpha value is -3.19. The quantitative estimate of drug-likeness (QED) is 0.372. The van der Waals surface area contributed by atoms with Crippen LogP contribution in [0.5, 0.6) is 5.75 Å². The number of nitrogens with zero attached hydrogens (tertiary/aromatic N) is 3. The van der Waals surface area contributed by atoms with Gasteiger partial charge in [0.1, 0.15) is 12.4 Å². The number of aromatic nitrogens is 2. The van der Waals surface area contributed by atoms with Crippen molar-refractivity contribution in [2.24, 2.45) is 0 Å². The van der Waals surface area contributed by atoms with Crippen LogP contribution >= 0.6 is 12.6 Å². The van der Waals surface area contributed by atoms with Gasteiger partial charge in [0, 0.05) is 23.8 Å². The Morgan fingerprint density at radius 2 is 1.96 bits per heavy atom. The van der Waals surface area contributed by atoms with Crippen molar-refractivity contribution in [2.75, 3.05) is 30.8 Å². The number of anilines is 2. The molecule has 0 aliphatic carbocycles. The van der Waals surface area contributed by atoms with E-state index in [1.54, 1.807) is 6.20 Å². The summed E-state index contributed by atoms with van der Waals surface area (Å²) in [5.41, 5.74) is 9.71. The van der Waals surface area contributed by atoms with Gasteiger partial charge in [-0.15, -0.1) is 12.6 Å². The lowest BCUT2D eigenvalue weighted by Gasteiger charge is -2.27. The third-order valence-electron chi connectivity index (χ3n) is 4.40. The minimum atomic E-state index is 0.506. The number of hydrogen-bond acceptors (Lipinski definition) is 7. The van der Waals surface area contributed by atoms with Crippen LogP contribution in [0.2, 0.25) is 0 Å².